The minimum absolute atomic E-state index is 0.0135. The summed E-state index contributed by atoms with van der Waals surface area (Å²) in [5.41, 5.74) is 3.86. The first-order valence-corrected chi connectivity index (χ1v) is 9.17. The van der Waals surface area contributed by atoms with Gasteiger partial charge in [0, 0.05) is 18.6 Å². The van der Waals surface area contributed by atoms with Crippen LogP contribution in [0, 0.1) is 6.92 Å². The zero-order chi connectivity index (χ0) is 19.4. The number of hydrogen-bond acceptors (Lipinski definition) is 2. The lowest BCUT2D eigenvalue weighted by Crippen LogP contribution is -2.20. The van der Waals surface area contributed by atoms with Crippen molar-refractivity contribution in [3.05, 3.63) is 63.4 Å². The van der Waals surface area contributed by atoms with Gasteiger partial charge in [0.15, 0.2) is 0 Å². The molecule has 0 amide bonds. The van der Waals surface area contributed by atoms with Crippen LogP contribution in [0.25, 0.3) is 22.3 Å². The van der Waals surface area contributed by atoms with E-state index in [1.807, 2.05) is 70.2 Å². The molecule has 2 aromatic carbocycles. The van der Waals surface area contributed by atoms with Crippen LogP contribution in [-0.2, 0) is 13.6 Å². The van der Waals surface area contributed by atoms with Crippen LogP contribution in [0.2, 0.25) is 5.02 Å². The van der Waals surface area contributed by atoms with Crippen molar-refractivity contribution < 1.29 is 5.11 Å². The van der Waals surface area contributed by atoms with Gasteiger partial charge in [-0.05, 0) is 48.2 Å². The Morgan fingerprint density at radius 3 is 2.27 bits per heavy atom. The van der Waals surface area contributed by atoms with Crippen LogP contribution in [-0.4, -0.2) is 14.5 Å². The summed E-state index contributed by atoms with van der Waals surface area (Å²) in [5, 5.41) is 11.0. The molecule has 0 aliphatic heterocycles. The maximum Gasteiger partial charge on any atom is 0.278 e. The average molecular weight is 373 g/mol. The number of aromatic nitrogens is 2. The second-order valence-corrected chi connectivity index (χ2v) is 6.22. The highest BCUT2D eigenvalue weighted by atomic mass is 35.5. The van der Waals surface area contributed by atoms with Gasteiger partial charge in [-0.15, -0.1) is 0 Å². The van der Waals surface area contributed by atoms with Crippen molar-refractivity contribution in [2.24, 2.45) is 7.05 Å². The van der Waals surface area contributed by atoms with Crippen LogP contribution in [0.4, 0.5) is 0 Å². The number of hydrogen-bond donors (Lipinski definition) is 1. The number of rotatable bonds is 3. The molecule has 0 spiro atoms. The van der Waals surface area contributed by atoms with Crippen molar-refractivity contribution in [2.75, 3.05) is 0 Å². The topological polar surface area (TPSA) is 47.2 Å². The van der Waals surface area contributed by atoms with Crippen molar-refractivity contribution in [1.82, 2.24) is 9.36 Å². The monoisotopic (exact) mass is 372 g/mol. The molecular formula is C21H25ClN2O2. The van der Waals surface area contributed by atoms with Gasteiger partial charge in [0.25, 0.3) is 5.56 Å². The number of nitrogens with zero attached hydrogens (tertiary/aromatic N) is 2. The van der Waals surface area contributed by atoms with Gasteiger partial charge in [-0.1, -0.05) is 55.8 Å². The second-order valence-electron chi connectivity index (χ2n) is 5.78. The van der Waals surface area contributed by atoms with E-state index in [1.165, 1.54) is 9.36 Å². The normalized spacial score (nSPS) is 10.4. The highest BCUT2D eigenvalue weighted by molar-refractivity contribution is 6.30. The minimum Gasteiger partial charge on any atom is -0.493 e. The van der Waals surface area contributed by atoms with Gasteiger partial charge in [0.2, 0.25) is 5.88 Å². The van der Waals surface area contributed by atoms with Crippen molar-refractivity contribution in [3.8, 4) is 28.1 Å². The predicted octanol–water partition coefficient (Wildman–Crippen LogP) is 5.23. The van der Waals surface area contributed by atoms with Gasteiger partial charge in [0.05, 0.1) is 0 Å². The smallest absolute Gasteiger partial charge is 0.278 e. The third-order valence-corrected chi connectivity index (χ3v) is 4.53. The molecule has 1 aromatic heterocycles. The quantitative estimate of drug-likeness (QED) is 0.683. The highest BCUT2D eigenvalue weighted by Crippen LogP contribution is 2.32. The van der Waals surface area contributed by atoms with Crippen molar-refractivity contribution >= 4 is 11.6 Å². The Morgan fingerprint density at radius 2 is 1.73 bits per heavy atom. The Kier molecular flexibility index (Phi) is 6.32. The Labute approximate surface area is 159 Å². The molecule has 0 saturated heterocycles. The van der Waals surface area contributed by atoms with Gasteiger partial charge in [0.1, 0.15) is 5.56 Å². The molecule has 0 aliphatic carbocycles. The first-order chi connectivity index (χ1) is 12.4. The summed E-state index contributed by atoms with van der Waals surface area (Å²) >= 11 is 6.06. The van der Waals surface area contributed by atoms with E-state index in [1.54, 1.807) is 7.05 Å². The van der Waals surface area contributed by atoms with Gasteiger partial charge in [-0.3, -0.25) is 9.48 Å². The minimum atomic E-state index is -0.184. The summed E-state index contributed by atoms with van der Waals surface area (Å²) in [7, 11) is 1.68. The third kappa shape index (κ3) is 3.56. The van der Waals surface area contributed by atoms with Gasteiger partial charge < -0.3 is 5.11 Å². The molecule has 0 atom stereocenters. The molecule has 0 unspecified atom stereocenters. The maximum atomic E-state index is 12.6. The van der Waals surface area contributed by atoms with Crippen LogP contribution in [0.5, 0.6) is 5.88 Å². The van der Waals surface area contributed by atoms with E-state index in [9.17, 15) is 9.90 Å². The summed E-state index contributed by atoms with van der Waals surface area (Å²) in [6.45, 7) is 8.31. The first-order valence-electron chi connectivity index (χ1n) is 8.79. The zero-order valence-corrected chi connectivity index (χ0v) is 16.6. The SMILES string of the molecule is CC.CCn1c(=O)c(-c2ccc(-c3cccc(Cl)c3)cc2C)c(O)n1C. The van der Waals surface area contributed by atoms with E-state index < -0.39 is 0 Å². The van der Waals surface area contributed by atoms with Crippen molar-refractivity contribution in [3.63, 3.8) is 0 Å². The molecule has 3 aromatic rings. The van der Waals surface area contributed by atoms with Crippen LogP contribution >= 0.6 is 11.6 Å². The standard InChI is InChI=1S/C19H19ClN2O2.C2H6/c1-4-22-19(24)17(18(23)21(22)3)16-9-8-14(10-12(16)2)13-6-5-7-15(20)11-13;1-2/h5-11,23H,4H2,1-3H3;1-2H3. The van der Waals surface area contributed by atoms with Crippen LogP contribution in [0.15, 0.2) is 47.3 Å². The lowest BCUT2D eigenvalue weighted by Gasteiger charge is -2.08. The molecule has 0 fully saturated rings. The Hall–Kier alpha value is -2.46. The molecule has 0 aliphatic rings. The Balaban J connectivity index is 0.00000117. The van der Waals surface area contributed by atoms with Gasteiger partial charge >= 0.3 is 0 Å². The average Bonchev–Trinajstić information content (AvgIpc) is 2.85. The molecule has 3 rings (SSSR count). The fraction of sp³-hybridized carbons (Fsp3) is 0.286. The number of aromatic hydroxyl groups is 1. The molecule has 26 heavy (non-hydrogen) atoms. The molecular weight excluding hydrogens is 348 g/mol. The third-order valence-electron chi connectivity index (χ3n) is 4.29. The lowest BCUT2D eigenvalue weighted by atomic mass is 9.97. The summed E-state index contributed by atoms with van der Waals surface area (Å²) in [6.07, 6.45) is 0. The fourth-order valence-corrected chi connectivity index (χ4v) is 3.21. The van der Waals surface area contributed by atoms with E-state index in [-0.39, 0.29) is 11.4 Å². The van der Waals surface area contributed by atoms with E-state index in [4.69, 9.17) is 11.6 Å². The lowest BCUT2D eigenvalue weighted by molar-refractivity contribution is 0.387. The summed E-state index contributed by atoms with van der Waals surface area (Å²) in [4.78, 5) is 12.6. The summed E-state index contributed by atoms with van der Waals surface area (Å²) in [5.74, 6) is -0.0135. The summed E-state index contributed by atoms with van der Waals surface area (Å²) < 4.78 is 3.00. The van der Waals surface area contributed by atoms with Crippen LogP contribution in [0.3, 0.4) is 0 Å². The largest absolute Gasteiger partial charge is 0.493 e. The van der Waals surface area contributed by atoms with E-state index in [2.05, 4.69) is 0 Å². The maximum absolute atomic E-state index is 12.6. The Bertz CT molecular complexity index is 971. The predicted molar refractivity (Wildman–Crippen MR) is 109 cm³/mol. The molecule has 1 N–H and O–H groups in total. The molecule has 138 valence electrons. The van der Waals surface area contributed by atoms with Gasteiger partial charge in [-0.25, -0.2) is 4.68 Å². The molecule has 0 bridgehead atoms. The van der Waals surface area contributed by atoms with E-state index in [0.29, 0.717) is 17.1 Å². The van der Waals surface area contributed by atoms with Crippen LogP contribution < -0.4 is 5.56 Å². The summed E-state index contributed by atoms with van der Waals surface area (Å²) in [6, 6.07) is 13.5. The second kappa shape index (κ2) is 8.28. The molecule has 1 heterocycles. The van der Waals surface area contributed by atoms with E-state index >= 15 is 0 Å². The zero-order valence-electron chi connectivity index (χ0n) is 15.9. The first kappa shape index (κ1) is 19.9. The molecule has 5 heteroatoms. The number of aryl methyl sites for hydroxylation is 1. The number of halogens is 1. The Morgan fingerprint density at radius 1 is 1.08 bits per heavy atom. The number of benzene rings is 2. The molecule has 0 radical (unpaired) electrons. The van der Waals surface area contributed by atoms with Gasteiger partial charge in [-0.2, -0.15) is 0 Å². The van der Waals surface area contributed by atoms with Crippen molar-refractivity contribution in [2.45, 2.75) is 34.2 Å². The molecule has 0 saturated carbocycles. The van der Waals surface area contributed by atoms with Crippen LogP contribution in [0.1, 0.15) is 26.3 Å². The van der Waals surface area contributed by atoms with E-state index in [0.717, 1.165) is 22.3 Å². The fourth-order valence-electron chi connectivity index (χ4n) is 3.02. The molecule has 4 nitrogen and oxygen atoms in total. The highest BCUT2D eigenvalue weighted by Gasteiger charge is 2.19. The van der Waals surface area contributed by atoms with Crippen molar-refractivity contribution in [1.29, 1.82) is 0 Å².